The summed E-state index contributed by atoms with van der Waals surface area (Å²) in [4.78, 5) is 29.3. The summed E-state index contributed by atoms with van der Waals surface area (Å²) in [5.41, 5.74) is 2.67. The van der Waals surface area contributed by atoms with E-state index in [0.29, 0.717) is 37.6 Å². The lowest BCUT2D eigenvalue weighted by Crippen LogP contribution is -2.48. The van der Waals surface area contributed by atoms with E-state index in [1.807, 2.05) is 59.6 Å². The number of aromatic nitrogens is 4. The molecule has 9 heteroatoms. The van der Waals surface area contributed by atoms with Crippen molar-refractivity contribution >= 4 is 29.3 Å². The van der Waals surface area contributed by atoms with Gasteiger partial charge in [0.25, 0.3) is 5.56 Å². The average Bonchev–Trinajstić information content (AvgIpc) is 3.39. The minimum Gasteiger partial charge on any atom is -0.365 e. The van der Waals surface area contributed by atoms with Crippen molar-refractivity contribution in [2.75, 3.05) is 31.1 Å². The van der Waals surface area contributed by atoms with Crippen molar-refractivity contribution in [3.8, 4) is 11.4 Å². The Bertz CT molecular complexity index is 1410. The second kappa shape index (κ2) is 9.99. The molecule has 2 aromatic heterocycles. The van der Waals surface area contributed by atoms with Gasteiger partial charge in [0.2, 0.25) is 5.91 Å². The molecule has 0 bridgehead atoms. The van der Waals surface area contributed by atoms with E-state index in [2.05, 4.69) is 10.2 Å². The predicted octanol–water partition coefficient (Wildman–Crippen LogP) is 3.43. The highest BCUT2D eigenvalue weighted by Crippen LogP contribution is 2.23. The summed E-state index contributed by atoms with van der Waals surface area (Å²) in [5, 5.41) is 8.78. The minimum atomic E-state index is -0.368. The average molecular weight is 487 g/mol. The van der Waals surface area contributed by atoms with E-state index in [9.17, 15) is 9.59 Å². The van der Waals surface area contributed by atoms with Gasteiger partial charge < -0.3 is 9.80 Å². The zero-order chi connectivity index (χ0) is 24.2. The number of anilines is 1. The molecule has 3 heterocycles. The van der Waals surface area contributed by atoms with Crippen molar-refractivity contribution in [1.29, 1.82) is 0 Å². The van der Waals surface area contributed by atoms with Crippen LogP contribution in [-0.2, 0) is 4.79 Å². The van der Waals surface area contributed by atoms with Crippen LogP contribution in [0.4, 0.5) is 5.69 Å². The Kier molecular flexibility index (Phi) is 6.45. The molecule has 0 atom stereocenters. The van der Waals surface area contributed by atoms with Crippen molar-refractivity contribution in [1.82, 2.24) is 24.5 Å². The van der Waals surface area contributed by atoms with Crippen LogP contribution in [0.15, 0.2) is 90.1 Å². The zero-order valence-corrected chi connectivity index (χ0v) is 19.6. The first-order valence-corrected chi connectivity index (χ1v) is 11.6. The van der Waals surface area contributed by atoms with E-state index < -0.39 is 0 Å². The highest BCUT2D eigenvalue weighted by Gasteiger charge is 2.23. The Labute approximate surface area is 207 Å². The molecular formula is C26H23ClN6O2. The summed E-state index contributed by atoms with van der Waals surface area (Å²) in [6.45, 7) is 2.15. The zero-order valence-electron chi connectivity index (χ0n) is 18.9. The topological polar surface area (TPSA) is 76.3 Å². The second-order valence-electron chi connectivity index (χ2n) is 8.10. The standard InChI is InChI=1S/C26H23ClN6O2/c27-25-23(18-29-33(26(25)35)22-9-5-2-6-10-22)30-13-15-31(16-14-30)24(34)12-11-20-17-28-32(19-20)21-7-3-1-4-8-21/h1-12,17-19H,13-16H2. The second-order valence-corrected chi connectivity index (χ2v) is 8.47. The molecule has 0 saturated carbocycles. The van der Waals surface area contributed by atoms with E-state index in [4.69, 9.17) is 11.6 Å². The van der Waals surface area contributed by atoms with Gasteiger partial charge in [-0.1, -0.05) is 48.0 Å². The number of rotatable bonds is 5. The van der Waals surface area contributed by atoms with Crippen molar-refractivity contribution in [3.05, 3.63) is 106 Å². The molecule has 8 nitrogen and oxygen atoms in total. The lowest BCUT2D eigenvalue weighted by atomic mass is 10.2. The molecule has 1 fully saturated rings. The monoisotopic (exact) mass is 486 g/mol. The number of benzene rings is 2. The molecule has 1 aliphatic heterocycles. The Balaban J connectivity index is 1.21. The van der Waals surface area contributed by atoms with Crippen LogP contribution in [-0.4, -0.2) is 56.5 Å². The van der Waals surface area contributed by atoms with Gasteiger partial charge in [0.1, 0.15) is 5.02 Å². The Morgan fingerprint density at radius 1 is 0.857 bits per heavy atom. The van der Waals surface area contributed by atoms with Crippen LogP contribution in [0.2, 0.25) is 5.02 Å². The quantitative estimate of drug-likeness (QED) is 0.404. The molecule has 0 N–H and O–H groups in total. The number of hydrogen-bond donors (Lipinski definition) is 0. The molecule has 176 valence electrons. The van der Waals surface area contributed by atoms with Gasteiger partial charge in [-0.05, 0) is 30.3 Å². The number of nitrogens with zero attached hydrogens (tertiary/aromatic N) is 6. The van der Waals surface area contributed by atoms with Crippen molar-refractivity contribution in [3.63, 3.8) is 0 Å². The highest BCUT2D eigenvalue weighted by molar-refractivity contribution is 6.33. The normalized spacial score (nSPS) is 14.0. The molecule has 1 saturated heterocycles. The lowest BCUT2D eigenvalue weighted by molar-refractivity contribution is -0.126. The summed E-state index contributed by atoms with van der Waals surface area (Å²) in [5.74, 6) is -0.0687. The van der Waals surface area contributed by atoms with E-state index in [1.165, 1.54) is 4.68 Å². The van der Waals surface area contributed by atoms with Crippen LogP contribution in [0.1, 0.15) is 5.56 Å². The number of para-hydroxylation sites is 2. The third kappa shape index (κ3) is 4.88. The van der Waals surface area contributed by atoms with Gasteiger partial charge in [-0.2, -0.15) is 14.9 Å². The first-order valence-electron chi connectivity index (χ1n) is 11.3. The van der Waals surface area contributed by atoms with Crippen LogP contribution in [0.3, 0.4) is 0 Å². The number of carbonyl (C=O) groups excluding carboxylic acids is 1. The van der Waals surface area contributed by atoms with Crippen molar-refractivity contribution < 1.29 is 4.79 Å². The summed E-state index contributed by atoms with van der Waals surface area (Å²) >= 11 is 6.43. The molecule has 0 radical (unpaired) electrons. The number of halogens is 1. The Morgan fingerprint density at radius 2 is 1.51 bits per heavy atom. The smallest absolute Gasteiger partial charge is 0.292 e. The molecule has 2 aromatic carbocycles. The summed E-state index contributed by atoms with van der Waals surface area (Å²) in [6, 6.07) is 18.9. The lowest BCUT2D eigenvalue weighted by Gasteiger charge is -2.35. The maximum Gasteiger partial charge on any atom is 0.292 e. The summed E-state index contributed by atoms with van der Waals surface area (Å²) in [6.07, 6.45) is 8.55. The van der Waals surface area contributed by atoms with E-state index >= 15 is 0 Å². The third-order valence-electron chi connectivity index (χ3n) is 5.87. The first kappa shape index (κ1) is 22.6. The van der Waals surface area contributed by atoms with E-state index in [-0.39, 0.29) is 16.5 Å². The van der Waals surface area contributed by atoms with Gasteiger partial charge in [-0.15, -0.1) is 0 Å². The number of amides is 1. The van der Waals surface area contributed by atoms with Crippen LogP contribution < -0.4 is 10.5 Å². The Morgan fingerprint density at radius 3 is 2.20 bits per heavy atom. The SMILES string of the molecule is O=C(C=Cc1cnn(-c2ccccc2)c1)N1CCN(c2cnn(-c3ccccc3)c(=O)c2Cl)CC1. The molecule has 0 spiro atoms. The maximum absolute atomic E-state index is 12.8. The molecule has 1 amide bonds. The largest absolute Gasteiger partial charge is 0.365 e. The van der Waals surface area contributed by atoms with Gasteiger partial charge in [0.15, 0.2) is 0 Å². The van der Waals surface area contributed by atoms with Crippen LogP contribution in [0.5, 0.6) is 0 Å². The molecule has 4 aromatic rings. The summed E-state index contributed by atoms with van der Waals surface area (Å²) < 4.78 is 3.06. The van der Waals surface area contributed by atoms with Crippen LogP contribution >= 0.6 is 11.6 Å². The fourth-order valence-electron chi connectivity index (χ4n) is 3.98. The molecular weight excluding hydrogens is 464 g/mol. The van der Waals surface area contributed by atoms with Gasteiger partial charge >= 0.3 is 0 Å². The van der Waals surface area contributed by atoms with Gasteiger partial charge in [-0.25, -0.2) is 4.68 Å². The highest BCUT2D eigenvalue weighted by atomic mass is 35.5. The van der Waals surface area contributed by atoms with Gasteiger partial charge in [0.05, 0.1) is 29.5 Å². The molecule has 1 aliphatic rings. The fourth-order valence-corrected chi connectivity index (χ4v) is 4.23. The molecule has 5 rings (SSSR count). The van der Waals surface area contributed by atoms with Crippen LogP contribution in [0, 0.1) is 0 Å². The fraction of sp³-hybridized carbons (Fsp3) is 0.154. The number of carbonyl (C=O) groups is 1. The molecule has 0 unspecified atom stereocenters. The van der Waals surface area contributed by atoms with Crippen molar-refractivity contribution in [2.24, 2.45) is 0 Å². The molecule has 35 heavy (non-hydrogen) atoms. The first-order chi connectivity index (χ1) is 17.1. The van der Waals surface area contributed by atoms with E-state index in [1.54, 1.807) is 46.3 Å². The van der Waals surface area contributed by atoms with E-state index in [0.717, 1.165) is 11.3 Å². The molecule has 0 aliphatic carbocycles. The number of hydrogen-bond acceptors (Lipinski definition) is 5. The van der Waals surface area contributed by atoms with Gasteiger partial charge in [0, 0.05) is 44.0 Å². The van der Waals surface area contributed by atoms with Gasteiger partial charge in [-0.3, -0.25) is 9.59 Å². The Hall–Kier alpha value is -4.17. The van der Waals surface area contributed by atoms with Crippen molar-refractivity contribution in [2.45, 2.75) is 0 Å². The predicted molar refractivity (Wildman–Crippen MR) is 136 cm³/mol. The summed E-state index contributed by atoms with van der Waals surface area (Å²) in [7, 11) is 0. The third-order valence-corrected chi connectivity index (χ3v) is 6.23. The minimum absolute atomic E-state index is 0.0687. The maximum atomic E-state index is 12.8. The number of piperazine rings is 1. The van der Waals surface area contributed by atoms with Crippen LogP contribution in [0.25, 0.3) is 17.5 Å².